The third kappa shape index (κ3) is 3.46. The fourth-order valence-corrected chi connectivity index (χ4v) is 3.07. The van der Waals surface area contributed by atoms with Gasteiger partial charge in [-0.3, -0.25) is 4.72 Å². The molecule has 2 aromatic carbocycles. The number of hydrogen-bond donors (Lipinski definition) is 1. The molecule has 0 amide bonds. The van der Waals surface area contributed by atoms with Crippen LogP contribution in [0, 0.1) is 5.82 Å². The zero-order valence-corrected chi connectivity index (χ0v) is 12.6. The van der Waals surface area contributed by atoms with Gasteiger partial charge in [-0.1, -0.05) is 11.6 Å². The topological polar surface area (TPSA) is 46.2 Å². The van der Waals surface area contributed by atoms with E-state index in [4.69, 9.17) is 11.6 Å². The molecule has 0 saturated carbocycles. The van der Waals surface area contributed by atoms with Crippen molar-refractivity contribution in [1.82, 2.24) is 0 Å². The molecule has 0 spiro atoms. The summed E-state index contributed by atoms with van der Waals surface area (Å²) < 4.78 is 40.0. The van der Waals surface area contributed by atoms with Crippen molar-refractivity contribution in [3.05, 3.63) is 57.8 Å². The summed E-state index contributed by atoms with van der Waals surface area (Å²) in [4.78, 5) is 0.0491. The fourth-order valence-electron chi connectivity index (χ4n) is 1.39. The zero-order chi connectivity index (χ0) is 14.0. The van der Waals surface area contributed by atoms with Crippen LogP contribution in [-0.4, -0.2) is 8.42 Å². The Balaban J connectivity index is 2.36. The van der Waals surface area contributed by atoms with Gasteiger partial charge in [-0.2, -0.15) is 0 Å². The van der Waals surface area contributed by atoms with Crippen LogP contribution < -0.4 is 4.72 Å². The zero-order valence-electron chi connectivity index (χ0n) is 9.40. The van der Waals surface area contributed by atoms with Crippen molar-refractivity contribution in [3.8, 4) is 0 Å². The molecule has 0 aromatic heterocycles. The number of halogens is 3. The monoisotopic (exact) mass is 363 g/mol. The Morgan fingerprint density at radius 1 is 1.11 bits per heavy atom. The smallest absolute Gasteiger partial charge is 0.261 e. The van der Waals surface area contributed by atoms with Gasteiger partial charge in [-0.15, -0.1) is 0 Å². The highest BCUT2D eigenvalue weighted by atomic mass is 79.9. The van der Waals surface area contributed by atoms with Crippen LogP contribution in [0.1, 0.15) is 0 Å². The van der Waals surface area contributed by atoms with Crippen molar-refractivity contribution in [2.75, 3.05) is 4.72 Å². The molecule has 0 atom stereocenters. The van der Waals surface area contributed by atoms with Crippen molar-refractivity contribution >= 4 is 43.2 Å². The third-order valence-electron chi connectivity index (χ3n) is 2.30. The molecule has 0 heterocycles. The summed E-state index contributed by atoms with van der Waals surface area (Å²) in [6.45, 7) is 0. The summed E-state index contributed by atoms with van der Waals surface area (Å²) in [6, 6.07) is 9.43. The highest BCUT2D eigenvalue weighted by Gasteiger charge is 2.15. The molecule has 0 fully saturated rings. The van der Waals surface area contributed by atoms with Gasteiger partial charge >= 0.3 is 0 Å². The molecule has 100 valence electrons. The van der Waals surface area contributed by atoms with E-state index in [9.17, 15) is 12.8 Å². The minimum atomic E-state index is -3.77. The van der Waals surface area contributed by atoms with Crippen molar-refractivity contribution in [2.24, 2.45) is 0 Å². The van der Waals surface area contributed by atoms with E-state index in [2.05, 4.69) is 20.7 Å². The van der Waals surface area contributed by atoms with E-state index in [0.29, 0.717) is 9.50 Å². The summed E-state index contributed by atoms with van der Waals surface area (Å²) >= 11 is 8.85. The van der Waals surface area contributed by atoms with Crippen LogP contribution in [0.2, 0.25) is 5.02 Å². The molecule has 19 heavy (non-hydrogen) atoms. The Kier molecular flexibility index (Phi) is 4.13. The number of rotatable bonds is 3. The van der Waals surface area contributed by atoms with Crippen molar-refractivity contribution in [3.63, 3.8) is 0 Å². The average molecular weight is 365 g/mol. The van der Waals surface area contributed by atoms with Crippen molar-refractivity contribution in [1.29, 1.82) is 0 Å². The molecular weight excluding hydrogens is 357 g/mol. The van der Waals surface area contributed by atoms with Gasteiger partial charge < -0.3 is 0 Å². The van der Waals surface area contributed by atoms with Gasteiger partial charge in [0.25, 0.3) is 10.0 Å². The predicted octanol–water partition coefficient (Wildman–Crippen LogP) is 4.04. The summed E-state index contributed by atoms with van der Waals surface area (Å²) in [5, 5.41) is 0.436. The van der Waals surface area contributed by atoms with Crippen LogP contribution in [0.25, 0.3) is 0 Å². The molecule has 0 unspecified atom stereocenters. The van der Waals surface area contributed by atoms with Crippen LogP contribution in [0.4, 0.5) is 10.1 Å². The van der Waals surface area contributed by atoms with E-state index in [1.165, 1.54) is 36.4 Å². The first-order valence-electron chi connectivity index (χ1n) is 5.12. The Morgan fingerprint density at radius 2 is 1.74 bits per heavy atom. The number of benzene rings is 2. The average Bonchev–Trinajstić information content (AvgIpc) is 2.34. The van der Waals surface area contributed by atoms with Crippen molar-refractivity contribution in [2.45, 2.75) is 4.90 Å². The molecule has 0 aliphatic heterocycles. The summed E-state index contributed by atoms with van der Waals surface area (Å²) in [6.07, 6.45) is 0. The van der Waals surface area contributed by atoms with E-state index >= 15 is 0 Å². The van der Waals surface area contributed by atoms with Gasteiger partial charge in [0.1, 0.15) is 5.82 Å². The number of anilines is 1. The molecule has 0 aliphatic carbocycles. The first-order valence-corrected chi connectivity index (χ1v) is 7.77. The summed E-state index contributed by atoms with van der Waals surface area (Å²) in [7, 11) is -3.77. The standard InChI is InChI=1S/C12H8BrClFNO2S/c13-11-6-3-9(15)7-12(11)16-19(17,18)10-4-1-8(14)2-5-10/h1-7,16H. The van der Waals surface area contributed by atoms with E-state index in [1.807, 2.05) is 0 Å². The van der Waals surface area contributed by atoms with Gasteiger partial charge in [0.15, 0.2) is 0 Å². The number of nitrogens with one attached hydrogen (secondary N) is 1. The van der Waals surface area contributed by atoms with Crippen LogP contribution in [0.15, 0.2) is 51.8 Å². The SMILES string of the molecule is O=S(=O)(Nc1cc(F)ccc1Br)c1ccc(Cl)cc1. The number of hydrogen-bond acceptors (Lipinski definition) is 2. The Bertz CT molecular complexity index is 704. The molecule has 2 rings (SSSR count). The molecule has 0 bridgehead atoms. The molecule has 0 radical (unpaired) electrons. The molecule has 2 aromatic rings. The molecule has 3 nitrogen and oxygen atoms in total. The Hall–Kier alpha value is -1.11. The van der Waals surface area contributed by atoms with Gasteiger partial charge in [-0.05, 0) is 58.4 Å². The largest absolute Gasteiger partial charge is 0.278 e. The highest BCUT2D eigenvalue weighted by Crippen LogP contribution is 2.26. The van der Waals surface area contributed by atoms with Crippen LogP contribution >= 0.6 is 27.5 Å². The highest BCUT2D eigenvalue weighted by molar-refractivity contribution is 9.10. The Labute approximate surface area is 123 Å². The lowest BCUT2D eigenvalue weighted by Gasteiger charge is -2.09. The first kappa shape index (κ1) is 14.3. The van der Waals surface area contributed by atoms with Crippen molar-refractivity contribution < 1.29 is 12.8 Å². The lowest BCUT2D eigenvalue weighted by molar-refractivity contribution is 0.601. The second-order valence-electron chi connectivity index (χ2n) is 3.68. The predicted molar refractivity (Wildman–Crippen MR) is 76.4 cm³/mol. The van der Waals surface area contributed by atoms with Gasteiger partial charge in [-0.25, -0.2) is 12.8 Å². The van der Waals surface area contributed by atoms with Crippen LogP contribution in [0.3, 0.4) is 0 Å². The second kappa shape index (κ2) is 5.48. The van der Waals surface area contributed by atoms with E-state index in [1.54, 1.807) is 0 Å². The summed E-state index contributed by atoms with van der Waals surface area (Å²) in [5.41, 5.74) is 0.134. The fraction of sp³-hybridized carbons (Fsp3) is 0. The maximum atomic E-state index is 13.1. The maximum Gasteiger partial charge on any atom is 0.261 e. The normalized spacial score (nSPS) is 11.3. The van der Waals surface area contributed by atoms with Gasteiger partial charge in [0.05, 0.1) is 10.6 Å². The van der Waals surface area contributed by atoms with Gasteiger partial charge in [0, 0.05) is 9.50 Å². The molecule has 7 heteroatoms. The summed E-state index contributed by atoms with van der Waals surface area (Å²) in [5.74, 6) is -0.531. The van der Waals surface area contributed by atoms with E-state index < -0.39 is 15.8 Å². The number of sulfonamides is 1. The molecule has 0 aliphatic rings. The molecular formula is C12H8BrClFNO2S. The minimum absolute atomic E-state index is 0.0491. The lowest BCUT2D eigenvalue weighted by Crippen LogP contribution is -2.13. The van der Waals surface area contributed by atoms with Crippen LogP contribution in [0.5, 0.6) is 0 Å². The first-order chi connectivity index (χ1) is 8.88. The molecule has 1 N–H and O–H groups in total. The Morgan fingerprint density at radius 3 is 2.37 bits per heavy atom. The quantitative estimate of drug-likeness (QED) is 0.893. The second-order valence-corrected chi connectivity index (χ2v) is 6.66. The molecule has 0 saturated heterocycles. The lowest BCUT2D eigenvalue weighted by atomic mass is 10.3. The minimum Gasteiger partial charge on any atom is -0.278 e. The maximum absolute atomic E-state index is 13.1. The van der Waals surface area contributed by atoms with Crippen LogP contribution in [-0.2, 0) is 10.0 Å². The van der Waals surface area contributed by atoms with E-state index in [0.717, 1.165) is 6.07 Å². The van der Waals surface area contributed by atoms with E-state index in [-0.39, 0.29) is 10.6 Å². The third-order valence-corrected chi connectivity index (χ3v) is 4.62. The van der Waals surface area contributed by atoms with Gasteiger partial charge in [0.2, 0.25) is 0 Å².